The van der Waals surface area contributed by atoms with Gasteiger partial charge in [0.25, 0.3) is 0 Å². The fraction of sp³-hybridized carbons (Fsp3) is 0.462. The molecule has 4 heteroatoms. The zero-order chi connectivity index (χ0) is 11.8. The largest absolute Gasteiger partial charge is 0.497 e. The van der Waals surface area contributed by atoms with E-state index in [1.807, 2.05) is 18.2 Å². The summed E-state index contributed by atoms with van der Waals surface area (Å²) in [6.07, 6.45) is 3.38. The topological polar surface area (TPSA) is 63.9 Å². The molecule has 1 aliphatic carbocycles. The fourth-order valence-corrected chi connectivity index (χ4v) is 2.18. The summed E-state index contributed by atoms with van der Waals surface area (Å²) in [4.78, 5) is 7.86. The molecule has 0 amide bonds. The van der Waals surface area contributed by atoms with Crippen LogP contribution in [-0.4, -0.2) is 23.1 Å². The molecule has 3 N–H and O–H groups in total. The second-order valence-electron chi connectivity index (χ2n) is 4.77. The first-order chi connectivity index (χ1) is 8.26. The Balaban J connectivity index is 1.85. The minimum atomic E-state index is 0.248. The molecule has 1 aromatic carbocycles. The average Bonchev–Trinajstić information content (AvgIpc) is 3.10. The fourth-order valence-electron chi connectivity index (χ4n) is 2.18. The number of nitrogens with two attached hydrogens (primary N) is 1. The minimum absolute atomic E-state index is 0.248. The van der Waals surface area contributed by atoms with Crippen molar-refractivity contribution in [2.45, 2.75) is 25.3 Å². The Morgan fingerprint density at radius 1 is 1.53 bits per heavy atom. The van der Waals surface area contributed by atoms with Gasteiger partial charge in [-0.15, -0.1) is 0 Å². The SMILES string of the molecule is COc1ccc2nc(CC(N)C3CC3)[nH]c2c1. The van der Waals surface area contributed by atoms with Gasteiger partial charge in [0.05, 0.1) is 18.1 Å². The normalized spacial score (nSPS) is 17.3. The Bertz CT molecular complexity index is 530. The average molecular weight is 231 g/mol. The van der Waals surface area contributed by atoms with Crippen molar-refractivity contribution < 1.29 is 4.74 Å². The van der Waals surface area contributed by atoms with Crippen molar-refractivity contribution in [1.82, 2.24) is 9.97 Å². The van der Waals surface area contributed by atoms with Crippen LogP contribution in [-0.2, 0) is 6.42 Å². The molecule has 0 bridgehead atoms. The molecule has 1 atom stereocenters. The van der Waals surface area contributed by atoms with Crippen molar-refractivity contribution in [3.63, 3.8) is 0 Å². The Hall–Kier alpha value is -1.55. The van der Waals surface area contributed by atoms with Crippen molar-refractivity contribution >= 4 is 11.0 Å². The second-order valence-corrected chi connectivity index (χ2v) is 4.77. The molecule has 1 saturated carbocycles. The Morgan fingerprint density at radius 3 is 3.06 bits per heavy atom. The summed E-state index contributed by atoms with van der Waals surface area (Å²) in [6.45, 7) is 0. The van der Waals surface area contributed by atoms with E-state index in [-0.39, 0.29) is 6.04 Å². The monoisotopic (exact) mass is 231 g/mol. The van der Waals surface area contributed by atoms with Gasteiger partial charge in [0.2, 0.25) is 0 Å². The van der Waals surface area contributed by atoms with Gasteiger partial charge in [-0.1, -0.05) is 0 Å². The molecule has 4 nitrogen and oxygen atoms in total. The molecule has 1 unspecified atom stereocenters. The van der Waals surface area contributed by atoms with Crippen LogP contribution in [0.4, 0.5) is 0 Å². The van der Waals surface area contributed by atoms with E-state index in [1.165, 1.54) is 12.8 Å². The molecule has 0 saturated heterocycles. The van der Waals surface area contributed by atoms with Crippen LogP contribution in [0.15, 0.2) is 18.2 Å². The lowest BCUT2D eigenvalue weighted by atomic mass is 10.1. The van der Waals surface area contributed by atoms with Gasteiger partial charge in [0.1, 0.15) is 11.6 Å². The summed E-state index contributed by atoms with van der Waals surface area (Å²) >= 11 is 0. The van der Waals surface area contributed by atoms with Crippen LogP contribution in [0, 0.1) is 5.92 Å². The molecule has 1 aromatic heterocycles. The zero-order valence-electron chi connectivity index (χ0n) is 9.94. The molecular weight excluding hydrogens is 214 g/mol. The number of methoxy groups -OCH3 is 1. The summed E-state index contributed by atoms with van der Waals surface area (Å²) in [5.41, 5.74) is 8.10. The van der Waals surface area contributed by atoms with E-state index in [0.717, 1.165) is 29.0 Å². The molecule has 90 valence electrons. The van der Waals surface area contributed by atoms with Crippen LogP contribution in [0.25, 0.3) is 11.0 Å². The predicted molar refractivity (Wildman–Crippen MR) is 67.0 cm³/mol. The third kappa shape index (κ3) is 2.13. The molecule has 0 spiro atoms. The number of benzene rings is 1. The lowest BCUT2D eigenvalue weighted by Gasteiger charge is -2.06. The molecule has 1 aliphatic rings. The van der Waals surface area contributed by atoms with Crippen molar-refractivity contribution in [3.8, 4) is 5.75 Å². The van der Waals surface area contributed by atoms with E-state index in [2.05, 4.69) is 9.97 Å². The number of rotatable bonds is 4. The standard InChI is InChI=1S/C13H17N3O/c1-17-9-4-5-11-12(6-9)16-13(15-11)7-10(14)8-2-3-8/h4-6,8,10H,2-3,7,14H2,1H3,(H,15,16). The van der Waals surface area contributed by atoms with Gasteiger partial charge in [-0.2, -0.15) is 0 Å². The smallest absolute Gasteiger partial charge is 0.121 e. The molecule has 0 radical (unpaired) electrons. The van der Waals surface area contributed by atoms with Gasteiger partial charge < -0.3 is 15.5 Å². The second kappa shape index (κ2) is 4.04. The summed E-state index contributed by atoms with van der Waals surface area (Å²) in [5.74, 6) is 2.53. The number of fused-ring (bicyclic) bond motifs is 1. The van der Waals surface area contributed by atoms with E-state index >= 15 is 0 Å². The Kier molecular flexibility index (Phi) is 2.52. The number of ether oxygens (including phenoxy) is 1. The van der Waals surface area contributed by atoms with E-state index < -0.39 is 0 Å². The van der Waals surface area contributed by atoms with Crippen molar-refractivity contribution in [3.05, 3.63) is 24.0 Å². The molecule has 3 rings (SSSR count). The maximum Gasteiger partial charge on any atom is 0.121 e. The summed E-state index contributed by atoms with van der Waals surface area (Å²) in [7, 11) is 1.67. The van der Waals surface area contributed by atoms with Crippen LogP contribution < -0.4 is 10.5 Å². The number of hydrogen-bond acceptors (Lipinski definition) is 3. The maximum absolute atomic E-state index is 6.10. The lowest BCUT2D eigenvalue weighted by molar-refractivity contribution is 0.415. The number of H-pyrrole nitrogens is 1. The minimum Gasteiger partial charge on any atom is -0.497 e. The third-order valence-corrected chi connectivity index (χ3v) is 3.39. The highest BCUT2D eigenvalue weighted by atomic mass is 16.5. The summed E-state index contributed by atoms with van der Waals surface area (Å²) < 4.78 is 5.19. The van der Waals surface area contributed by atoms with Gasteiger partial charge >= 0.3 is 0 Å². The van der Waals surface area contributed by atoms with Gasteiger partial charge in [-0.05, 0) is 30.9 Å². The van der Waals surface area contributed by atoms with E-state index in [0.29, 0.717) is 5.92 Å². The Morgan fingerprint density at radius 2 is 2.35 bits per heavy atom. The van der Waals surface area contributed by atoms with Gasteiger partial charge in [-0.25, -0.2) is 4.98 Å². The van der Waals surface area contributed by atoms with Gasteiger partial charge in [-0.3, -0.25) is 0 Å². The number of nitrogens with zero attached hydrogens (tertiary/aromatic N) is 1. The number of imidazole rings is 1. The summed E-state index contributed by atoms with van der Waals surface area (Å²) in [6, 6.07) is 6.11. The van der Waals surface area contributed by atoms with Crippen LogP contribution >= 0.6 is 0 Å². The third-order valence-electron chi connectivity index (χ3n) is 3.39. The lowest BCUT2D eigenvalue weighted by Crippen LogP contribution is -2.25. The molecule has 0 aliphatic heterocycles. The van der Waals surface area contributed by atoms with E-state index in [4.69, 9.17) is 10.5 Å². The number of hydrogen-bond donors (Lipinski definition) is 2. The van der Waals surface area contributed by atoms with Gasteiger partial charge in [0, 0.05) is 18.5 Å². The highest BCUT2D eigenvalue weighted by Crippen LogP contribution is 2.32. The first-order valence-electron chi connectivity index (χ1n) is 6.04. The van der Waals surface area contributed by atoms with Crippen molar-refractivity contribution in [2.24, 2.45) is 11.7 Å². The van der Waals surface area contributed by atoms with E-state index in [1.54, 1.807) is 7.11 Å². The van der Waals surface area contributed by atoms with Gasteiger partial charge in [0.15, 0.2) is 0 Å². The highest BCUT2D eigenvalue weighted by Gasteiger charge is 2.29. The van der Waals surface area contributed by atoms with Crippen LogP contribution in [0.5, 0.6) is 5.75 Å². The van der Waals surface area contributed by atoms with E-state index in [9.17, 15) is 0 Å². The van der Waals surface area contributed by atoms with Crippen LogP contribution in [0.2, 0.25) is 0 Å². The first kappa shape index (κ1) is 10.6. The number of aromatic amines is 1. The molecule has 1 fully saturated rings. The highest BCUT2D eigenvalue weighted by molar-refractivity contribution is 5.76. The van der Waals surface area contributed by atoms with Crippen molar-refractivity contribution in [1.29, 1.82) is 0 Å². The quantitative estimate of drug-likeness (QED) is 0.844. The molecule has 1 heterocycles. The molecule has 17 heavy (non-hydrogen) atoms. The molecule has 2 aromatic rings. The van der Waals surface area contributed by atoms with Crippen LogP contribution in [0.3, 0.4) is 0 Å². The molecular formula is C13H17N3O. The predicted octanol–water partition coefficient (Wildman–Crippen LogP) is 1.85. The first-order valence-corrected chi connectivity index (χ1v) is 6.04. The number of nitrogens with one attached hydrogen (secondary N) is 1. The summed E-state index contributed by atoms with van der Waals surface area (Å²) in [5, 5.41) is 0. The maximum atomic E-state index is 6.10. The van der Waals surface area contributed by atoms with Crippen molar-refractivity contribution in [2.75, 3.05) is 7.11 Å². The Labute approximate surface area is 100 Å². The zero-order valence-corrected chi connectivity index (χ0v) is 9.94. The number of aromatic nitrogens is 2. The van der Waals surface area contributed by atoms with Crippen LogP contribution in [0.1, 0.15) is 18.7 Å².